The summed E-state index contributed by atoms with van der Waals surface area (Å²) in [5.74, 6) is -3.51. The molecule has 0 bridgehead atoms. The van der Waals surface area contributed by atoms with Crippen LogP contribution in [0.5, 0.6) is 0 Å². The predicted molar refractivity (Wildman–Crippen MR) is 123 cm³/mol. The van der Waals surface area contributed by atoms with Gasteiger partial charge in [-0.3, -0.25) is 4.79 Å². The van der Waals surface area contributed by atoms with Gasteiger partial charge in [0.1, 0.15) is 17.1 Å². The number of anilines is 1. The predicted octanol–water partition coefficient (Wildman–Crippen LogP) is 4.55. The van der Waals surface area contributed by atoms with E-state index in [2.05, 4.69) is 0 Å². The van der Waals surface area contributed by atoms with Crippen LogP contribution < -0.4 is 16.1 Å². The van der Waals surface area contributed by atoms with Gasteiger partial charge in [-0.1, -0.05) is 29.3 Å². The number of aromatic nitrogens is 1. The van der Waals surface area contributed by atoms with Crippen molar-refractivity contribution in [1.82, 2.24) is 4.57 Å². The van der Waals surface area contributed by atoms with E-state index in [-0.39, 0.29) is 41.6 Å². The first kappa shape index (κ1) is 22.1. The second-order valence-corrected chi connectivity index (χ2v) is 9.40. The molecule has 1 aliphatic carbocycles. The van der Waals surface area contributed by atoms with Crippen molar-refractivity contribution in [2.24, 2.45) is 5.73 Å². The maximum Gasteiger partial charge on any atom is 0.341 e. The van der Waals surface area contributed by atoms with Gasteiger partial charge in [0.15, 0.2) is 5.82 Å². The van der Waals surface area contributed by atoms with Crippen LogP contribution in [0, 0.1) is 11.6 Å². The van der Waals surface area contributed by atoms with Gasteiger partial charge in [0, 0.05) is 37.3 Å². The fourth-order valence-corrected chi connectivity index (χ4v) is 4.93. The van der Waals surface area contributed by atoms with E-state index in [4.69, 9.17) is 28.9 Å². The number of nitrogens with zero attached hydrogens (tertiary/aromatic N) is 2. The van der Waals surface area contributed by atoms with E-state index in [0.717, 1.165) is 30.7 Å². The Morgan fingerprint density at radius 2 is 1.85 bits per heavy atom. The zero-order chi connectivity index (χ0) is 23.6. The number of pyridine rings is 1. The van der Waals surface area contributed by atoms with Gasteiger partial charge in [-0.25, -0.2) is 13.6 Å². The Kier molecular flexibility index (Phi) is 5.34. The third kappa shape index (κ3) is 3.66. The molecule has 6 nitrogen and oxygen atoms in total. The summed E-state index contributed by atoms with van der Waals surface area (Å²) in [6, 6.07) is 5.51. The molecular weight excluding hydrogens is 475 g/mol. The molecule has 1 saturated heterocycles. The molecule has 3 aromatic rings. The Balaban J connectivity index is 1.62. The second kappa shape index (κ2) is 7.97. The molecule has 3 N–H and O–H groups in total. The molecule has 0 unspecified atom stereocenters. The standard InChI is InChI=1S/C23H19Cl2F2N3O3/c24-15-4-1-10(5-16(15)25)13-7-29(9-18(13)28)21-17(26)6-12-20(19(21)27)30(11-2-3-11)8-14(22(12)31)23(32)33/h1,4-6,8,11,13,18H,2-3,7,9,28H2,(H,32,33)/t13-,18+/m1/s1. The van der Waals surface area contributed by atoms with Crippen LogP contribution in [-0.4, -0.2) is 34.8 Å². The van der Waals surface area contributed by atoms with Crippen LogP contribution in [0.15, 0.2) is 35.3 Å². The normalized spacial score (nSPS) is 20.6. The van der Waals surface area contributed by atoms with Gasteiger partial charge in [0.2, 0.25) is 5.43 Å². The van der Waals surface area contributed by atoms with Crippen molar-refractivity contribution < 1.29 is 18.7 Å². The van der Waals surface area contributed by atoms with Crippen LogP contribution in [0.3, 0.4) is 0 Å². The largest absolute Gasteiger partial charge is 0.477 e. The minimum Gasteiger partial charge on any atom is -0.477 e. The highest BCUT2D eigenvalue weighted by molar-refractivity contribution is 6.42. The van der Waals surface area contributed by atoms with Crippen molar-refractivity contribution in [3.63, 3.8) is 0 Å². The summed E-state index contributed by atoms with van der Waals surface area (Å²) in [6.07, 6.45) is 2.60. The van der Waals surface area contributed by atoms with E-state index in [1.54, 1.807) is 18.2 Å². The van der Waals surface area contributed by atoms with E-state index in [0.29, 0.717) is 10.0 Å². The summed E-state index contributed by atoms with van der Waals surface area (Å²) in [7, 11) is 0. The number of fused-ring (bicyclic) bond motifs is 1. The summed E-state index contributed by atoms with van der Waals surface area (Å²) in [6.45, 7) is 0.421. The first-order valence-electron chi connectivity index (χ1n) is 10.4. The zero-order valence-corrected chi connectivity index (χ0v) is 18.7. The maximum absolute atomic E-state index is 15.8. The van der Waals surface area contributed by atoms with Gasteiger partial charge >= 0.3 is 5.97 Å². The highest BCUT2D eigenvalue weighted by Crippen LogP contribution is 2.41. The van der Waals surface area contributed by atoms with Crippen LogP contribution in [0.4, 0.5) is 14.5 Å². The fraction of sp³-hybridized carbons (Fsp3) is 0.304. The zero-order valence-electron chi connectivity index (χ0n) is 17.2. The molecule has 0 spiro atoms. The summed E-state index contributed by atoms with van der Waals surface area (Å²) in [5.41, 5.74) is 5.34. The van der Waals surface area contributed by atoms with Crippen molar-refractivity contribution in [3.05, 3.63) is 73.5 Å². The molecule has 5 rings (SSSR count). The van der Waals surface area contributed by atoms with Gasteiger partial charge in [0.05, 0.1) is 20.9 Å². The quantitative estimate of drug-likeness (QED) is 0.556. The van der Waals surface area contributed by atoms with Crippen molar-refractivity contribution in [2.45, 2.75) is 30.8 Å². The fourth-order valence-electron chi connectivity index (χ4n) is 4.62. The Morgan fingerprint density at radius 3 is 2.48 bits per heavy atom. The monoisotopic (exact) mass is 493 g/mol. The molecule has 0 radical (unpaired) electrons. The average Bonchev–Trinajstić information content (AvgIpc) is 3.53. The molecule has 10 heteroatoms. The molecule has 172 valence electrons. The molecule has 0 amide bonds. The lowest BCUT2D eigenvalue weighted by Crippen LogP contribution is -2.29. The van der Waals surface area contributed by atoms with Crippen molar-refractivity contribution in [1.29, 1.82) is 0 Å². The van der Waals surface area contributed by atoms with Crippen LogP contribution >= 0.6 is 23.2 Å². The molecule has 2 aromatic carbocycles. The number of carbonyl (C=O) groups is 1. The van der Waals surface area contributed by atoms with Crippen LogP contribution in [0.25, 0.3) is 10.9 Å². The minimum atomic E-state index is -1.43. The van der Waals surface area contributed by atoms with Gasteiger partial charge < -0.3 is 20.3 Å². The number of carboxylic acids is 1. The number of aromatic carboxylic acids is 1. The summed E-state index contributed by atoms with van der Waals surface area (Å²) >= 11 is 12.1. The van der Waals surface area contributed by atoms with Crippen LogP contribution in [0.1, 0.15) is 40.7 Å². The minimum absolute atomic E-state index is 0.0875. The summed E-state index contributed by atoms with van der Waals surface area (Å²) in [4.78, 5) is 25.7. The van der Waals surface area contributed by atoms with E-state index < -0.39 is 34.6 Å². The van der Waals surface area contributed by atoms with Gasteiger partial charge in [-0.2, -0.15) is 0 Å². The van der Waals surface area contributed by atoms with Crippen molar-refractivity contribution in [2.75, 3.05) is 18.0 Å². The molecule has 2 aliphatic rings. The van der Waals surface area contributed by atoms with E-state index in [9.17, 15) is 14.7 Å². The lowest BCUT2D eigenvalue weighted by atomic mass is 9.95. The Hall–Kier alpha value is -2.68. The van der Waals surface area contributed by atoms with Crippen molar-refractivity contribution >= 4 is 45.8 Å². The lowest BCUT2D eigenvalue weighted by Gasteiger charge is -2.22. The molecule has 2 atom stereocenters. The Bertz CT molecular complexity index is 1370. The number of hydrogen-bond acceptors (Lipinski definition) is 4. The third-order valence-electron chi connectivity index (χ3n) is 6.41. The molecule has 1 saturated carbocycles. The number of halogens is 4. The van der Waals surface area contributed by atoms with E-state index in [1.165, 1.54) is 9.47 Å². The number of benzene rings is 2. The summed E-state index contributed by atoms with van der Waals surface area (Å²) in [5, 5.41) is 9.86. The smallest absolute Gasteiger partial charge is 0.341 e. The number of hydrogen-bond donors (Lipinski definition) is 2. The van der Waals surface area contributed by atoms with Gasteiger partial charge in [0.25, 0.3) is 0 Å². The topological polar surface area (TPSA) is 88.6 Å². The Labute approximate surface area is 197 Å². The molecular formula is C23H19Cl2F2N3O3. The summed E-state index contributed by atoms with van der Waals surface area (Å²) < 4.78 is 32.5. The van der Waals surface area contributed by atoms with Crippen LogP contribution in [-0.2, 0) is 0 Å². The second-order valence-electron chi connectivity index (χ2n) is 8.58. The lowest BCUT2D eigenvalue weighted by molar-refractivity contribution is 0.0694. The number of carboxylic acid groups (broad SMARTS) is 1. The Morgan fingerprint density at radius 1 is 1.12 bits per heavy atom. The molecule has 1 aliphatic heterocycles. The maximum atomic E-state index is 15.8. The average molecular weight is 494 g/mol. The first-order chi connectivity index (χ1) is 15.7. The van der Waals surface area contributed by atoms with E-state index >= 15 is 8.78 Å². The van der Waals surface area contributed by atoms with Gasteiger partial charge in [-0.05, 0) is 36.6 Å². The first-order valence-corrected chi connectivity index (χ1v) is 11.2. The van der Waals surface area contributed by atoms with Gasteiger partial charge in [-0.15, -0.1) is 0 Å². The third-order valence-corrected chi connectivity index (χ3v) is 7.15. The highest BCUT2D eigenvalue weighted by Gasteiger charge is 2.36. The molecule has 33 heavy (non-hydrogen) atoms. The SMILES string of the molecule is N[C@H]1CN(c2c(F)cc3c(=O)c(C(=O)O)cn(C4CC4)c3c2F)C[C@@H]1c1ccc(Cl)c(Cl)c1. The molecule has 2 heterocycles. The number of nitrogens with two attached hydrogens (primary N) is 1. The highest BCUT2D eigenvalue weighted by atomic mass is 35.5. The van der Waals surface area contributed by atoms with E-state index in [1.807, 2.05) is 0 Å². The number of rotatable bonds is 4. The van der Waals surface area contributed by atoms with Crippen LogP contribution in [0.2, 0.25) is 10.0 Å². The molecule has 1 aromatic heterocycles. The van der Waals surface area contributed by atoms with Crippen molar-refractivity contribution in [3.8, 4) is 0 Å². The molecule has 2 fully saturated rings.